The van der Waals surface area contributed by atoms with Crippen LogP contribution in [0.1, 0.15) is 38.5 Å². The number of hydrogen-bond acceptors (Lipinski definition) is 4. The molecule has 1 saturated carbocycles. The minimum absolute atomic E-state index is 0. The summed E-state index contributed by atoms with van der Waals surface area (Å²) in [7, 11) is 2.00. The fourth-order valence-electron chi connectivity index (χ4n) is 3.93. The van der Waals surface area contributed by atoms with E-state index >= 15 is 0 Å². The average molecular weight is 331 g/mol. The molecule has 2 heterocycles. The van der Waals surface area contributed by atoms with E-state index < -0.39 is 5.54 Å². The van der Waals surface area contributed by atoms with Crippen molar-refractivity contribution in [2.24, 2.45) is 0 Å². The van der Waals surface area contributed by atoms with Crippen molar-refractivity contribution in [3.63, 3.8) is 0 Å². The van der Waals surface area contributed by atoms with Gasteiger partial charge in [-0.1, -0.05) is 12.8 Å². The molecule has 7 heteroatoms. The molecule has 1 spiro atoms. The summed E-state index contributed by atoms with van der Waals surface area (Å²) in [4.78, 5) is 28.4. The molecule has 22 heavy (non-hydrogen) atoms. The number of carbonyl (C=O) groups excluding carboxylic acids is 2. The van der Waals surface area contributed by atoms with Gasteiger partial charge in [0.05, 0.1) is 0 Å². The van der Waals surface area contributed by atoms with E-state index in [1.807, 2.05) is 7.05 Å². The van der Waals surface area contributed by atoms with Gasteiger partial charge in [0.1, 0.15) is 5.54 Å². The van der Waals surface area contributed by atoms with E-state index in [-0.39, 0.29) is 24.3 Å². The molecule has 0 aromatic rings. The maximum atomic E-state index is 12.5. The molecule has 3 aliphatic rings. The zero-order chi connectivity index (χ0) is 14.9. The summed E-state index contributed by atoms with van der Waals surface area (Å²) in [5.74, 6) is 0.00664. The highest BCUT2D eigenvalue weighted by Crippen LogP contribution is 2.34. The van der Waals surface area contributed by atoms with Gasteiger partial charge in [-0.25, -0.2) is 4.79 Å². The third-order valence-electron chi connectivity index (χ3n) is 5.26. The second-order valence-corrected chi connectivity index (χ2v) is 6.60. The highest BCUT2D eigenvalue weighted by atomic mass is 35.5. The number of nitrogens with zero attached hydrogens (tertiary/aromatic N) is 2. The van der Waals surface area contributed by atoms with Gasteiger partial charge in [0.25, 0.3) is 5.91 Å². The van der Waals surface area contributed by atoms with Crippen LogP contribution in [0.4, 0.5) is 4.79 Å². The standard InChI is InChI=1S/C15H26N4O2.ClH/c1-16-12-5-4-8-18(11-12)9-10-19-13(20)15(17-14(19)21)6-2-3-7-15;/h12,16H,2-11H2,1H3,(H,17,21);1H. The Hall–Kier alpha value is -0.850. The highest BCUT2D eigenvalue weighted by molar-refractivity contribution is 6.07. The van der Waals surface area contributed by atoms with Gasteiger partial charge in [-0.15, -0.1) is 12.4 Å². The van der Waals surface area contributed by atoms with Crippen molar-refractivity contribution in [3.8, 4) is 0 Å². The second kappa shape index (κ2) is 7.15. The Morgan fingerprint density at radius 2 is 1.95 bits per heavy atom. The molecule has 2 aliphatic heterocycles. The van der Waals surface area contributed by atoms with Crippen molar-refractivity contribution in [1.82, 2.24) is 20.4 Å². The second-order valence-electron chi connectivity index (χ2n) is 6.60. The molecule has 3 amide bonds. The summed E-state index contributed by atoms with van der Waals surface area (Å²) in [6.07, 6.45) is 6.07. The number of likely N-dealkylation sites (N-methyl/N-ethyl adjacent to an activating group) is 1. The van der Waals surface area contributed by atoms with Crippen LogP contribution in [0.15, 0.2) is 0 Å². The Morgan fingerprint density at radius 1 is 1.23 bits per heavy atom. The summed E-state index contributed by atoms with van der Waals surface area (Å²) in [5.41, 5.74) is -0.563. The van der Waals surface area contributed by atoms with E-state index in [0.29, 0.717) is 12.6 Å². The molecular formula is C15H27ClN4O2. The maximum Gasteiger partial charge on any atom is 0.325 e. The molecule has 126 valence electrons. The van der Waals surface area contributed by atoms with Gasteiger partial charge in [0.2, 0.25) is 0 Å². The fourth-order valence-corrected chi connectivity index (χ4v) is 3.93. The normalized spacial score (nSPS) is 28.0. The predicted molar refractivity (Wildman–Crippen MR) is 87.2 cm³/mol. The largest absolute Gasteiger partial charge is 0.325 e. The molecule has 0 bridgehead atoms. The topological polar surface area (TPSA) is 64.7 Å². The van der Waals surface area contributed by atoms with Crippen molar-refractivity contribution in [3.05, 3.63) is 0 Å². The number of likely N-dealkylation sites (tertiary alicyclic amines) is 1. The van der Waals surface area contributed by atoms with Crippen LogP contribution in [0, 0.1) is 0 Å². The third-order valence-corrected chi connectivity index (χ3v) is 5.26. The zero-order valence-electron chi connectivity index (χ0n) is 13.3. The van der Waals surface area contributed by atoms with Crippen LogP contribution in [0.25, 0.3) is 0 Å². The van der Waals surface area contributed by atoms with Gasteiger partial charge >= 0.3 is 6.03 Å². The first-order valence-electron chi connectivity index (χ1n) is 8.18. The molecule has 0 aromatic carbocycles. The summed E-state index contributed by atoms with van der Waals surface area (Å²) in [6, 6.07) is 0.340. The van der Waals surface area contributed by atoms with Gasteiger partial charge < -0.3 is 15.5 Å². The number of nitrogens with one attached hydrogen (secondary N) is 2. The van der Waals surface area contributed by atoms with Gasteiger partial charge in [0.15, 0.2) is 0 Å². The summed E-state index contributed by atoms with van der Waals surface area (Å²) < 4.78 is 0. The smallest absolute Gasteiger partial charge is 0.323 e. The van der Waals surface area contributed by atoms with Crippen LogP contribution >= 0.6 is 12.4 Å². The number of imide groups is 1. The van der Waals surface area contributed by atoms with Crippen LogP contribution in [-0.4, -0.2) is 66.5 Å². The molecule has 1 aliphatic carbocycles. The number of piperidine rings is 1. The molecule has 1 atom stereocenters. The number of urea groups is 1. The van der Waals surface area contributed by atoms with Crippen LogP contribution in [-0.2, 0) is 4.79 Å². The molecule has 2 N–H and O–H groups in total. The number of carbonyl (C=O) groups is 2. The summed E-state index contributed by atoms with van der Waals surface area (Å²) >= 11 is 0. The lowest BCUT2D eigenvalue weighted by Crippen LogP contribution is -2.48. The molecule has 0 aromatic heterocycles. The van der Waals surface area contributed by atoms with Crippen LogP contribution < -0.4 is 10.6 Å². The van der Waals surface area contributed by atoms with Crippen LogP contribution in [0.5, 0.6) is 0 Å². The van der Waals surface area contributed by atoms with E-state index in [0.717, 1.165) is 45.3 Å². The van der Waals surface area contributed by atoms with E-state index in [4.69, 9.17) is 0 Å². The molecule has 1 unspecified atom stereocenters. The maximum absolute atomic E-state index is 12.5. The Balaban J connectivity index is 0.00000176. The van der Waals surface area contributed by atoms with Gasteiger partial charge in [-0.2, -0.15) is 0 Å². The molecule has 6 nitrogen and oxygen atoms in total. The molecular weight excluding hydrogens is 304 g/mol. The average Bonchev–Trinajstić information content (AvgIpc) is 3.05. The highest BCUT2D eigenvalue weighted by Gasteiger charge is 2.52. The van der Waals surface area contributed by atoms with Gasteiger partial charge in [-0.05, 0) is 39.3 Å². The van der Waals surface area contributed by atoms with Gasteiger partial charge in [0, 0.05) is 25.7 Å². The Morgan fingerprint density at radius 3 is 2.64 bits per heavy atom. The monoisotopic (exact) mass is 330 g/mol. The molecule has 3 fully saturated rings. The third kappa shape index (κ3) is 3.24. The lowest BCUT2D eigenvalue weighted by molar-refractivity contribution is -0.131. The van der Waals surface area contributed by atoms with E-state index in [1.165, 1.54) is 17.7 Å². The minimum Gasteiger partial charge on any atom is -0.323 e. The number of amides is 3. The quantitative estimate of drug-likeness (QED) is 0.754. The molecule has 3 rings (SSSR count). The van der Waals surface area contributed by atoms with Crippen LogP contribution in [0.3, 0.4) is 0 Å². The van der Waals surface area contributed by atoms with Crippen molar-refractivity contribution in [1.29, 1.82) is 0 Å². The first kappa shape index (κ1) is 17.5. The van der Waals surface area contributed by atoms with E-state index in [2.05, 4.69) is 15.5 Å². The summed E-state index contributed by atoms with van der Waals surface area (Å²) in [5, 5.41) is 6.26. The first-order valence-corrected chi connectivity index (χ1v) is 8.18. The van der Waals surface area contributed by atoms with Crippen LogP contribution in [0.2, 0.25) is 0 Å². The van der Waals surface area contributed by atoms with Crippen molar-refractivity contribution in [2.75, 3.05) is 33.2 Å². The predicted octanol–water partition coefficient (Wildman–Crippen LogP) is 0.957. The zero-order valence-corrected chi connectivity index (χ0v) is 14.1. The first-order chi connectivity index (χ1) is 10.1. The minimum atomic E-state index is -0.563. The Kier molecular flexibility index (Phi) is 5.69. The van der Waals surface area contributed by atoms with E-state index in [1.54, 1.807) is 0 Å². The summed E-state index contributed by atoms with van der Waals surface area (Å²) in [6.45, 7) is 3.37. The molecule has 0 radical (unpaired) electrons. The van der Waals surface area contributed by atoms with Gasteiger partial charge in [-0.3, -0.25) is 9.69 Å². The SMILES string of the molecule is CNC1CCCN(CCN2C(=O)NC3(CCCC3)C2=O)C1.Cl. The molecule has 2 saturated heterocycles. The van der Waals surface area contributed by atoms with E-state index in [9.17, 15) is 9.59 Å². The number of rotatable bonds is 4. The van der Waals surface area contributed by atoms with Crippen molar-refractivity contribution >= 4 is 24.3 Å². The number of halogens is 1. The number of hydrogen-bond donors (Lipinski definition) is 2. The Labute approximate surface area is 138 Å². The fraction of sp³-hybridized carbons (Fsp3) is 0.867. The van der Waals surface area contributed by atoms with Crippen molar-refractivity contribution < 1.29 is 9.59 Å². The lowest BCUT2D eigenvalue weighted by atomic mass is 9.98. The lowest BCUT2D eigenvalue weighted by Gasteiger charge is -2.33. The van der Waals surface area contributed by atoms with Crippen molar-refractivity contribution in [2.45, 2.75) is 50.1 Å². The Bertz CT molecular complexity index is 426.